The van der Waals surface area contributed by atoms with Gasteiger partial charge >= 0.3 is 6.03 Å². The second-order valence-electron chi connectivity index (χ2n) is 8.53. The number of carbonyl (C=O) groups excluding carboxylic acids is 1. The van der Waals surface area contributed by atoms with Gasteiger partial charge in [-0.2, -0.15) is 0 Å². The summed E-state index contributed by atoms with van der Waals surface area (Å²) in [6, 6.07) is 4.58. The van der Waals surface area contributed by atoms with Crippen LogP contribution in [-0.4, -0.2) is 19.6 Å². The summed E-state index contributed by atoms with van der Waals surface area (Å²) < 4.78 is 55.6. The normalized spacial score (nSPS) is 12.4. The van der Waals surface area contributed by atoms with E-state index in [4.69, 9.17) is 0 Å². The fourth-order valence-electron chi connectivity index (χ4n) is 3.19. The summed E-state index contributed by atoms with van der Waals surface area (Å²) >= 11 is 0. The van der Waals surface area contributed by atoms with E-state index in [1.807, 2.05) is 18.6 Å². The Kier molecular flexibility index (Phi) is 7.12. The predicted molar refractivity (Wildman–Crippen MR) is 116 cm³/mol. The van der Waals surface area contributed by atoms with Crippen molar-refractivity contribution in [2.45, 2.75) is 63.9 Å². The maximum Gasteiger partial charge on any atom is 0.333 e. The van der Waals surface area contributed by atoms with Gasteiger partial charge in [0, 0.05) is 5.56 Å². The van der Waals surface area contributed by atoms with E-state index in [-0.39, 0.29) is 28.7 Å². The fourth-order valence-corrected chi connectivity index (χ4v) is 4.15. The average Bonchev–Trinajstić information content (AvgIpc) is 2.59. The Balaban J connectivity index is 2.42. The highest BCUT2D eigenvalue weighted by Crippen LogP contribution is 2.34. The van der Waals surface area contributed by atoms with Gasteiger partial charge in [0.1, 0.15) is 11.6 Å². The number of urea groups is 1. The molecule has 0 fully saturated rings. The van der Waals surface area contributed by atoms with E-state index in [0.717, 1.165) is 18.2 Å². The summed E-state index contributed by atoms with van der Waals surface area (Å²) in [6.45, 7) is 10.00. The molecule has 31 heavy (non-hydrogen) atoms. The number of carbonyl (C=O) groups is 1. The van der Waals surface area contributed by atoms with Crippen LogP contribution in [0.15, 0.2) is 35.2 Å². The molecule has 6 nitrogen and oxygen atoms in total. The monoisotopic (exact) mass is 454 g/mol. The number of aliphatic hydroxyl groups is 1. The van der Waals surface area contributed by atoms with E-state index < -0.39 is 38.2 Å². The van der Waals surface area contributed by atoms with Crippen molar-refractivity contribution in [3.63, 3.8) is 0 Å². The smallest absolute Gasteiger partial charge is 0.333 e. The zero-order chi connectivity index (χ0) is 23.7. The number of halogens is 2. The van der Waals surface area contributed by atoms with Crippen LogP contribution in [-0.2, 0) is 15.6 Å². The standard InChI is InChI=1S/C22H28F2N2O4S/c1-12(2)17-7-8-18(24)19(13(3)4)20(17)25-21(27)26-31(29,30)16-10-14(22(5,6)28)9-15(23)11-16/h7-13,28H,1-6H3,(H2,25,26,27). The number of anilines is 1. The molecular formula is C22H28F2N2O4S. The SMILES string of the molecule is CC(C)c1ccc(F)c(C(C)C)c1NC(=O)NS(=O)(=O)c1cc(F)cc(C(C)(C)O)c1. The highest BCUT2D eigenvalue weighted by atomic mass is 32.2. The number of benzene rings is 2. The van der Waals surface area contributed by atoms with Gasteiger partial charge in [0.2, 0.25) is 0 Å². The maximum atomic E-state index is 14.4. The molecule has 0 bridgehead atoms. The van der Waals surface area contributed by atoms with Crippen molar-refractivity contribution in [2.24, 2.45) is 0 Å². The number of rotatable bonds is 6. The third kappa shape index (κ3) is 5.80. The summed E-state index contributed by atoms with van der Waals surface area (Å²) in [5.74, 6) is -1.74. The zero-order valence-corrected chi connectivity index (χ0v) is 19.2. The molecule has 0 spiro atoms. The van der Waals surface area contributed by atoms with Crippen LogP contribution < -0.4 is 10.0 Å². The number of sulfonamides is 1. The molecule has 0 aliphatic carbocycles. The molecule has 2 rings (SSSR count). The third-order valence-electron chi connectivity index (χ3n) is 4.78. The molecule has 0 atom stereocenters. The van der Waals surface area contributed by atoms with Crippen LogP contribution in [0, 0.1) is 11.6 Å². The number of amides is 2. The first-order chi connectivity index (χ1) is 14.1. The van der Waals surface area contributed by atoms with Crippen molar-refractivity contribution in [3.8, 4) is 0 Å². The maximum absolute atomic E-state index is 14.4. The summed E-state index contributed by atoms with van der Waals surface area (Å²) in [7, 11) is -4.47. The zero-order valence-electron chi connectivity index (χ0n) is 18.4. The molecule has 2 amide bonds. The lowest BCUT2D eigenvalue weighted by molar-refractivity contribution is 0.0780. The van der Waals surface area contributed by atoms with Crippen LogP contribution in [0.3, 0.4) is 0 Å². The molecule has 0 heterocycles. The summed E-state index contributed by atoms with van der Waals surface area (Å²) in [5, 5.41) is 12.5. The van der Waals surface area contributed by atoms with Gasteiger partial charge in [-0.05, 0) is 61.1 Å². The van der Waals surface area contributed by atoms with E-state index in [2.05, 4.69) is 5.32 Å². The van der Waals surface area contributed by atoms with Crippen LogP contribution >= 0.6 is 0 Å². The van der Waals surface area contributed by atoms with Crippen LogP contribution in [0.4, 0.5) is 19.3 Å². The van der Waals surface area contributed by atoms with Crippen LogP contribution in [0.1, 0.15) is 70.1 Å². The van der Waals surface area contributed by atoms with Crippen LogP contribution in [0.5, 0.6) is 0 Å². The van der Waals surface area contributed by atoms with Crippen molar-refractivity contribution >= 4 is 21.7 Å². The molecule has 2 aromatic rings. The van der Waals surface area contributed by atoms with Gasteiger partial charge in [0.05, 0.1) is 16.2 Å². The Labute approximate surface area is 181 Å². The van der Waals surface area contributed by atoms with E-state index in [0.29, 0.717) is 5.56 Å². The first-order valence-electron chi connectivity index (χ1n) is 9.83. The van der Waals surface area contributed by atoms with Gasteiger partial charge in [0.15, 0.2) is 0 Å². The molecule has 2 aromatic carbocycles. The lowest BCUT2D eigenvalue weighted by Gasteiger charge is -2.21. The minimum Gasteiger partial charge on any atom is -0.386 e. The first kappa shape index (κ1) is 24.7. The molecule has 0 unspecified atom stereocenters. The first-order valence-corrected chi connectivity index (χ1v) is 11.3. The molecule has 170 valence electrons. The minimum absolute atomic E-state index is 0.0302. The molecule has 0 radical (unpaired) electrons. The third-order valence-corrected chi connectivity index (χ3v) is 6.09. The van der Waals surface area contributed by atoms with Gasteiger partial charge in [-0.25, -0.2) is 26.7 Å². The van der Waals surface area contributed by atoms with Crippen molar-refractivity contribution in [1.82, 2.24) is 4.72 Å². The van der Waals surface area contributed by atoms with Crippen molar-refractivity contribution in [3.05, 3.63) is 58.7 Å². The van der Waals surface area contributed by atoms with Gasteiger partial charge in [0.25, 0.3) is 10.0 Å². The van der Waals surface area contributed by atoms with Crippen LogP contribution in [0.2, 0.25) is 0 Å². The second-order valence-corrected chi connectivity index (χ2v) is 10.2. The Bertz CT molecular complexity index is 1090. The number of hydrogen-bond donors (Lipinski definition) is 3. The Morgan fingerprint density at radius 2 is 1.65 bits per heavy atom. The van der Waals surface area contributed by atoms with E-state index in [1.54, 1.807) is 13.8 Å². The molecule has 0 saturated carbocycles. The summed E-state index contributed by atoms with van der Waals surface area (Å²) in [5.41, 5.74) is -0.354. The molecule has 3 N–H and O–H groups in total. The molecule has 0 aliphatic rings. The number of hydrogen-bond acceptors (Lipinski definition) is 4. The van der Waals surface area contributed by atoms with Crippen molar-refractivity contribution < 1.29 is 27.1 Å². The van der Waals surface area contributed by atoms with Gasteiger partial charge in [-0.15, -0.1) is 0 Å². The largest absolute Gasteiger partial charge is 0.386 e. The quantitative estimate of drug-likeness (QED) is 0.576. The fraction of sp³-hybridized carbons (Fsp3) is 0.409. The topological polar surface area (TPSA) is 95.5 Å². The number of nitrogens with one attached hydrogen (secondary N) is 2. The van der Waals surface area contributed by atoms with Crippen molar-refractivity contribution in [2.75, 3.05) is 5.32 Å². The molecule has 0 aliphatic heterocycles. The van der Waals surface area contributed by atoms with E-state index in [9.17, 15) is 27.1 Å². The second kappa shape index (κ2) is 8.92. The highest BCUT2D eigenvalue weighted by molar-refractivity contribution is 7.90. The van der Waals surface area contributed by atoms with Gasteiger partial charge in [-0.3, -0.25) is 0 Å². The average molecular weight is 455 g/mol. The van der Waals surface area contributed by atoms with Gasteiger partial charge in [-0.1, -0.05) is 33.8 Å². The minimum atomic E-state index is -4.47. The molecule has 9 heteroatoms. The summed E-state index contributed by atoms with van der Waals surface area (Å²) in [6.07, 6.45) is 0. The van der Waals surface area contributed by atoms with E-state index in [1.165, 1.54) is 26.0 Å². The van der Waals surface area contributed by atoms with E-state index >= 15 is 0 Å². The molecule has 0 aromatic heterocycles. The summed E-state index contributed by atoms with van der Waals surface area (Å²) in [4.78, 5) is 12.0. The Hall–Kier alpha value is -2.52. The van der Waals surface area contributed by atoms with Crippen LogP contribution in [0.25, 0.3) is 0 Å². The van der Waals surface area contributed by atoms with Crippen molar-refractivity contribution in [1.29, 1.82) is 0 Å². The lowest BCUT2D eigenvalue weighted by Crippen LogP contribution is -2.35. The Morgan fingerprint density at radius 1 is 1.03 bits per heavy atom. The highest BCUT2D eigenvalue weighted by Gasteiger charge is 2.25. The Morgan fingerprint density at radius 3 is 2.16 bits per heavy atom. The predicted octanol–water partition coefficient (Wildman–Crippen LogP) is 4.95. The van der Waals surface area contributed by atoms with Gasteiger partial charge < -0.3 is 10.4 Å². The molecular weight excluding hydrogens is 426 g/mol. The molecule has 0 saturated heterocycles. The lowest BCUT2D eigenvalue weighted by atomic mass is 9.92.